The minimum Gasteiger partial charge on any atom is -0.481 e. The minimum absolute atomic E-state index is 0.157. The highest BCUT2D eigenvalue weighted by Gasteiger charge is 2.36. The standard InChI is InChI=1S/C13H21NO3/c1-9-6-7-11(13(16)17)8-14(9)12(15)10-4-2-3-5-10/h9-11H,2-8H2,1H3,(H,16,17). The van der Waals surface area contributed by atoms with Crippen LogP contribution >= 0.6 is 0 Å². The first-order valence-corrected chi connectivity index (χ1v) is 6.63. The van der Waals surface area contributed by atoms with Crippen molar-refractivity contribution in [1.82, 2.24) is 4.90 Å². The molecule has 0 radical (unpaired) electrons. The summed E-state index contributed by atoms with van der Waals surface area (Å²) in [6, 6.07) is 0.207. The van der Waals surface area contributed by atoms with Crippen LogP contribution in [0.25, 0.3) is 0 Å². The molecule has 4 heteroatoms. The summed E-state index contributed by atoms with van der Waals surface area (Å²) in [5, 5.41) is 9.05. The molecule has 2 atom stereocenters. The van der Waals surface area contributed by atoms with Gasteiger partial charge in [-0.15, -0.1) is 0 Å². The van der Waals surface area contributed by atoms with Crippen LogP contribution in [-0.2, 0) is 9.59 Å². The minimum atomic E-state index is -0.763. The van der Waals surface area contributed by atoms with Gasteiger partial charge in [0.05, 0.1) is 5.92 Å². The second kappa shape index (κ2) is 5.07. The normalized spacial score (nSPS) is 30.5. The summed E-state index contributed by atoms with van der Waals surface area (Å²) in [5.74, 6) is -0.774. The number of carboxylic acid groups (broad SMARTS) is 1. The Balaban J connectivity index is 2.01. The highest BCUT2D eigenvalue weighted by Crippen LogP contribution is 2.30. The maximum Gasteiger partial charge on any atom is 0.308 e. The van der Waals surface area contributed by atoms with E-state index in [0.29, 0.717) is 13.0 Å². The van der Waals surface area contributed by atoms with Crippen molar-refractivity contribution < 1.29 is 14.7 Å². The first kappa shape index (κ1) is 12.4. The van der Waals surface area contributed by atoms with Crippen LogP contribution in [0.3, 0.4) is 0 Å². The van der Waals surface area contributed by atoms with Crippen molar-refractivity contribution in [3.8, 4) is 0 Å². The summed E-state index contributed by atoms with van der Waals surface area (Å²) < 4.78 is 0. The van der Waals surface area contributed by atoms with E-state index in [4.69, 9.17) is 5.11 Å². The van der Waals surface area contributed by atoms with E-state index in [1.165, 1.54) is 0 Å². The van der Waals surface area contributed by atoms with Gasteiger partial charge in [-0.1, -0.05) is 12.8 Å². The SMILES string of the molecule is CC1CCC(C(=O)O)CN1C(=O)C1CCCC1. The Hall–Kier alpha value is -1.06. The Morgan fingerprint density at radius 1 is 1.06 bits per heavy atom. The van der Waals surface area contributed by atoms with Gasteiger partial charge in [0, 0.05) is 18.5 Å². The molecule has 0 aromatic heterocycles. The fraction of sp³-hybridized carbons (Fsp3) is 0.846. The molecule has 1 saturated carbocycles. The third-order valence-corrected chi connectivity index (χ3v) is 4.22. The molecular formula is C13H21NO3. The number of nitrogens with zero attached hydrogens (tertiary/aromatic N) is 1. The number of aliphatic carboxylic acids is 1. The summed E-state index contributed by atoms with van der Waals surface area (Å²) >= 11 is 0. The first-order valence-electron chi connectivity index (χ1n) is 6.63. The zero-order chi connectivity index (χ0) is 12.4. The number of carbonyl (C=O) groups excluding carboxylic acids is 1. The number of amides is 1. The molecule has 1 amide bonds. The number of hydrogen-bond donors (Lipinski definition) is 1. The molecule has 2 aliphatic rings. The molecule has 17 heavy (non-hydrogen) atoms. The Morgan fingerprint density at radius 2 is 1.71 bits per heavy atom. The lowest BCUT2D eigenvalue weighted by molar-refractivity contribution is -0.148. The fourth-order valence-corrected chi connectivity index (χ4v) is 3.02. The van der Waals surface area contributed by atoms with Crippen molar-refractivity contribution >= 4 is 11.9 Å². The van der Waals surface area contributed by atoms with Crippen LogP contribution in [0, 0.1) is 11.8 Å². The van der Waals surface area contributed by atoms with E-state index in [2.05, 4.69) is 0 Å². The zero-order valence-electron chi connectivity index (χ0n) is 10.4. The predicted octanol–water partition coefficient (Wildman–Crippen LogP) is 1.89. The molecule has 0 spiro atoms. The van der Waals surface area contributed by atoms with Crippen LogP contribution < -0.4 is 0 Å². The molecule has 0 aromatic carbocycles. The van der Waals surface area contributed by atoms with E-state index in [-0.39, 0.29) is 23.8 Å². The van der Waals surface area contributed by atoms with Crippen molar-refractivity contribution in [2.45, 2.75) is 51.5 Å². The van der Waals surface area contributed by atoms with Gasteiger partial charge in [-0.3, -0.25) is 9.59 Å². The van der Waals surface area contributed by atoms with E-state index >= 15 is 0 Å². The van der Waals surface area contributed by atoms with Crippen molar-refractivity contribution in [3.05, 3.63) is 0 Å². The topological polar surface area (TPSA) is 57.6 Å². The highest BCUT2D eigenvalue weighted by atomic mass is 16.4. The zero-order valence-corrected chi connectivity index (χ0v) is 10.4. The predicted molar refractivity (Wildman–Crippen MR) is 63.5 cm³/mol. The third-order valence-electron chi connectivity index (χ3n) is 4.22. The molecule has 2 unspecified atom stereocenters. The summed E-state index contributed by atoms with van der Waals surface area (Å²) in [6.45, 7) is 2.44. The number of likely N-dealkylation sites (tertiary alicyclic amines) is 1. The molecule has 96 valence electrons. The van der Waals surface area contributed by atoms with E-state index in [1.54, 1.807) is 0 Å². The molecule has 1 aliphatic carbocycles. The lowest BCUT2D eigenvalue weighted by Crippen LogP contribution is -2.49. The molecular weight excluding hydrogens is 218 g/mol. The number of hydrogen-bond acceptors (Lipinski definition) is 2. The van der Waals surface area contributed by atoms with Gasteiger partial charge in [0.1, 0.15) is 0 Å². The quantitative estimate of drug-likeness (QED) is 0.800. The molecule has 0 bridgehead atoms. The van der Waals surface area contributed by atoms with Crippen LogP contribution in [0.4, 0.5) is 0 Å². The van der Waals surface area contributed by atoms with Gasteiger partial charge < -0.3 is 10.0 Å². The van der Waals surface area contributed by atoms with Crippen molar-refractivity contribution in [2.24, 2.45) is 11.8 Å². The maximum absolute atomic E-state index is 12.3. The molecule has 1 aliphatic heterocycles. The lowest BCUT2D eigenvalue weighted by Gasteiger charge is -2.38. The third kappa shape index (κ3) is 2.61. The molecule has 1 heterocycles. The first-order chi connectivity index (χ1) is 8.09. The average molecular weight is 239 g/mol. The largest absolute Gasteiger partial charge is 0.481 e. The average Bonchev–Trinajstić information content (AvgIpc) is 2.81. The molecule has 4 nitrogen and oxygen atoms in total. The van der Waals surface area contributed by atoms with Gasteiger partial charge in [-0.2, -0.15) is 0 Å². The Labute approximate surface area is 102 Å². The Kier molecular flexibility index (Phi) is 3.69. The smallest absolute Gasteiger partial charge is 0.308 e. The summed E-state index contributed by atoms with van der Waals surface area (Å²) in [4.78, 5) is 25.1. The maximum atomic E-state index is 12.3. The van der Waals surface area contributed by atoms with Crippen LogP contribution in [0.15, 0.2) is 0 Å². The molecule has 2 fully saturated rings. The molecule has 1 saturated heterocycles. The van der Waals surface area contributed by atoms with Gasteiger partial charge in [0.25, 0.3) is 0 Å². The second-order valence-corrected chi connectivity index (χ2v) is 5.43. The number of carbonyl (C=O) groups is 2. The van der Waals surface area contributed by atoms with E-state index < -0.39 is 5.97 Å². The number of rotatable bonds is 2. The van der Waals surface area contributed by atoms with Crippen molar-refractivity contribution in [2.75, 3.05) is 6.54 Å². The summed E-state index contributed by atoms with van der Waals surface area (Å²) in [6.07, 6.45) is 5.77. The molecule has 1 N–H and O–H groups in total. The lowest BCUT2D eigenvalue weighted by atomic mass is 9.92. The monoisotopic (exact) mass is 239 g/mol. The van der Waals surface area contributed by atoms with E-state index in [9.17, 15) is 9.59 Å². The highest BCUT2D eigenvalue weighted by molar-refractivity contribution is 5.80. The van der Waals surface area contributed by atoms with Gasteiger partial charge in [-0.05, 0) is 32.6 Å². The van der Waals surface area contributed by atoms with Crippen LogP contribution in [0.5, 0.6) is 0 Å². The van der Waals surface area contributed by atoms with Crippen LogP contribution in [0.1, 0.15) is 45.4 Å². The summed E-state index contributed by atoms with van der Waals surface area (Å²) in [5.41, 5.74) is 0. The second-order valence-electron chi connectivity index (χ2n) is 5.43. The van der Waals surface area contributed by atoms with Gasteiger partial charge in [0.2, 0.25) is 5.91 Å². The van der Waals surface area contributed by atoms with Crippen LogP contribution in [-0.4, -0.2) is 34.5 Å². The van der Waals surface area contributed by atoms with Crippen LogP contribution in [0.2, 0.25) is 0 Å². The Bertz CT molecular complexity index is 310. The van der Waals surface area contributed by atoms with Gasteiger partial charge in [0.15, 0.2) is 0 Å². The Morgan fingerprint density at radius 3 is 2.29 bits per heavy atom. The molecule has 2 rings (SSSR count). The van der Waals surface area contributed by atoms with Gasteiger partial charge in [-0.25, -0.2) is 0 Å². The number of carboxylic acids is 1. The molecule has 0 aromatic rings. The van der Waals surface area contributed by atoms with Crippen molar-refractivity contribution in [3.63, 3.8) is 0 Å². The van der Waals surface area contributed by atoms with Crippen molar-refractivity contribution in [1.29, 1.82) is 0 Å². The fourth-order valence-electron chi connectivity index (χ4n) is 3.02. The van der Waals surface area contributed by atoms with E-state index in [0.717, 1.165) is 32.1 Å². The van der Waals surface area contributed by atoms with Gasteiger partial charge >= 0.3 is 5.97 Å². The van der Waals surface area contributed by atoms with E-state index in [1.807, 2.05) is 11.8 Å². The summed E-state index contributed by atoms with van der Waals surface area (Å²) in [7, 11) is 0. The number of piperidine rings is 1.